The number of carboxylic acid groups (broad SMARTS) is 1. The summed E-state index contributed by atoms with van der Waals surface area (Å²) >= 11 is 0. The van der Waals surface area contributed by atoms with E-state index in [9.17, 15) is 4.79 Å². The Bertz CT molecular complexity index is 943. The lowest BCUT2D eigenvalue weighted by atomic mass is 10.0. The molecule has 0 unspecified atom stereocenters. The number of nitrogens with zero attached hydrogens (tertiary/aromatic N) is 4. The molecule has 0 aliphatic carbocycles. The van der Waals surface area contributed by atoms with Gasteiger partial charge in [0, 0.05) is 18.3 Å². The highest BCUT2D eigenvalue weighted by atomic mass is 16.4. The van der Waals surface area contributed by atoms with Crippen LogP contribution in [0.3, 0.4) is 0 Å². The van der Waals surface area contributed by atoms with Crippen LogP contribution in [0, 0.1) is 0 Å². The van der Waals surface area contributed by atoms with Gasteiger partial charge in [0.05, 0.1) is 17.6 Å². The first-order chi connectivity index (χ1) is 13.6. The van der Waals surface area contributed by atoms with E-state index in [-0.39, 0.29) is 6.54 Å². The fourth-order valence-electron chi connectivity index (χ4n) is 4.05. The third-order valence-electron chi connectivity index (χ3n) is 5.64. The number of imidazole rings is 1. The van der Waals surface area contributed by atoms with Crippen LogP contribution in [0.15, 0.2) is 54.9 Å². The molecule has 1 aliphatic heterocycles. The van der Waals surface area contributed by atoms with Gasteiger partial charge in [-0.25, -0.2) is 4.98 Å². The van der Waals surface area contributed by atoms with E-state index in [0.29, 0.717) is 6.04 Å². The molecule has 2 heterocycles. The molecule has 0 bridgehead atoms. The van der Waals surface area contributed by atoms with Crippen LogP contribution < -0.4 is 0 Å². The average molecular weight is 378 g/mol. The van der Waals surface area contributed by atoms with Crippen molar-refractivity contribution >= 4 is 17.0 Å². The highest BCUT2D eigenvalue weighted by Crippen LogP contribution is 2.20. The molecule has 6 heteroatoms. The fraction of sp³-hybridized carbons (Fsp3) is 0.364. The number of rotatable bonds is 6. The maximum atomic E-state index is 10.9. The van der Waals surface area contributed by atoms with Gasteiger partial charge in [-0.15, -0.1) is 0 Å². The monoisotopic (exact) mass is 378 g/mol. The number of likely N-dealkylation sites (N-methyl/N-ethyl adjacent to an activating group) is 1. The molecule has 3 aromatic rings. The van der Waals surface area contributed by atoms with Crippen LogP contribution in [0.25, 0.3) is 16.7 Å². The Kier molecular flexibility index (Phi) is 5.41. The molecule has 0 spiro atoms. The maximum absolute atomic E-state index is 10.9. The van der Waals surface area contributed by atoms with Gasteiger partial charge in [0.2, 0.25) is 0 Å². The molecule has 28 heavy (non-hydrogen) atoms. The second-order valence-electron chi connectivity index (χ2n) is 7.59. The smallest absolute Gasteiger partial charge is 0.317 e. The predicted molar refractivity (Wildman–Crippen MR) is 110 cm³/mol. The molecule has 1 N–H and O–H groups in total. The SMILES string of the molecule is CN(CC(=O)O)C1CCN(Cc2ccc(-n3cnc4ccccc43)cc2)CC1. The van der Waals surface area contributed by atoms with Crippen LogP contribution in [-0.2, 0) is 11.3 Å². The van der Waals surface area contributed by atoms with Crippen molar-refractivity contribution in [3.05, 3.63) is 60.4 Å². The van der Waals surface area contributed by atoms with E-state index in [1.807, 2.05) is 36.5 Å². The van der Waals surface area contributed by atoms with Gasteiger partial charge in [0.1, 0.15) is 6.33 Å². The number of hydrogen-bond acceptors (Lipinski definition) is 4. The fourth-order valence-corrected chi connectivity index (χ4v) is 4.05. The van der Waals surface area contributed by atoms with Gasteiger partial charge in [-0.05, 0) is 62.8 Å². The number of fused-ring (bicyclic) bond motifs is 1. The number of aromatic nitrogens is 2. The second-order valence-corrected chi connectivity index (χ2v) is 7.59. The zero-order valence-corrected chi connectivity index (χ0v) is 16.2. The zero-order valence-electron chi connectivity index (χ0n) is 16.2. The lowest BCUT2D eigenvalue weighted by molar-refractivity contribution is -0.138. The molecule has 1 fully saturated rings. The number of benzene rings is 2. The van der Waals surface area contributed by atoms with Gasteiger partial charge in [-0.2, -0.15) is 0 Å². The van der Waals surface area contributed by atoms with Gasteiger partial charge in [0.25, 0.3) is 0 Å². The summed E-state index contributed by atoms with van der Waals surface area (Å²) in [5.41, 5.74) is 4.53. The van der Waals surface area contributed by atoms with Crippen molar-refractivity contribution in [1.82, 2.24) is 19.4 Å². The van der Waals surface area contributed by atoms with Crippen molar-refractivity contribution in [3.8, 4) is 5.69 Å². The highest BCUT2D eigenvalue weighted by molar-refractivity contribution is 5.77. The van der Waals surface area contributed by atoms with Gasteiger partial charge in [-0.3, -0.25) is 19.2 Å². The molecule has 0 radical (unpaired) electrons. The van der Waals surface area contributed by atoms with Crippen molar-refractivity contribution in [3.63, 3.8) is 0 Å². The number of carbonyl (C=O) groups is 1. The van der Waals surface area contributed by atoms with Crippen LogP contribution in [0.4, 0.5) is 0 Å². The highest BCUT2D eigenvalue weighted by Gasteiger charge is 2.23. The molecule has 2 aromatic carbocycles. The summed E-state index contributed by atoms with van der Waals surface area (Å²) < 4.78 is 2.11. The van der Waals surface area contributed by atoms with Crippen LogP contribution >= 0.6 is 0 Å². The number of carboxylic acids is 1. The lowest BCUT2D eigenvalue weighted by Gasteiger charge is -2.36. The summed E-state index contributed by atoms with van der Waals surface area (Å²) in [4.78, 5) is 19.8. The molecule has 1 saturated heterocycles. The van der Waals surface area contributed by atoms with Gasteiger partial charge >= 0.3 is 5.97 Å². The van der Waals surface area contributed by atoms with Crippen molar-refractivity contribution < 1.29 is 9.90 Å². The third kappa shape index (κ3) is 4.08. The predicted octanol–water partition coefficient (Wildman–Crippen LogP) is 3.01. The topological polar surface area (TPSA) is 61.6 Å². The number of piperidine rings is 1. The normalized spacial score (nSPS) is 16.1. The molecule has 0 saturated carbocycles. The Morgan fingerprint density at radius 3 is 2.57 bits per heavy atom. The summed E-state index contributed by atoms with van der Waals surface area (Å²) in [6.07, 6.45) is 3.91. The molecule has 1 aliphatic rings. The van der Waals surface area contributed by atoms with Gasteiger partial charge in [-0.1, -0.05) is 24.3 Å². The van der Waals surface area contributed by atoms with Crippen molar-refractivity contribution in [1.29, 1.82) is 0 Å². The number of hydrogen-bond donors (Lipinski definition) is 1. The third-order valence-corrected chi connectivity index (χ3v) is 5.64. The van der Waals surface area contributed by atoms with Crippen molar-refractivity contribution in [2.24, 2.45) is 0 Å². The molecule has 6 nitrogen and oxygen atoms in total. The minimum atomic E-state index is -0.754. The van der Waals surface area contributed by atoms with Crippen LogP contribution in [0.1, 0.15) is 18.4 Å². The average Bonchev–Trinajstić information content (AvgIpc) is 3.13. The molecule has 4 rings (SSSR count). The van der Waals surface area contributed by atoms with Crippen LogP contribution in [0.5, 0.6) is 0 Å². The Morgan fingerprint density at radius 2 is 1.86 bits per heavy atom. The van der Waals surface area contributed by atoms with Crippen LogP contribution in [-0.4, -0.2) is 63.2 Å². The van der Waals surface area contributed by atoms with E-state index in [1.54, 1.807) is 0 Å². The summed E-state index contributed by atoms with van der Waals surface area (Å²) in [6.45, 7) is 3.06. The Hall–Kier alpha value is -2.70. The first-order valence-electron chi connectivity index (χ1n) is 9.76. The number of likely N-dealkylation sites (tertiary alicyclic amines) is 1. The summed E-state index contributed by atoms with van der Waals surface area (Å²) in [5.74, 6) is -0.754. The van der Waals surface area contributed by atoms with E-state index in [1.165, 1.54) is 5.56 Å². The van der Waals surface area contributed by atoms with Crippen molar-refractivity contribution in [2.75, 3.05) is 26.7 Å². The Morgan fingerprint density at radius 1 is 1.14 bits per heavy atom. The van der Waals surface area contributed by atoms with Crippen molar-refractivity contribution in [2.45, 2.75) is 25.4 Å². The molecular weight excluding hydrogens is 352 g/mol. The lowest BCUT2D eigenvalue weighted by Crippen LogP contribution is -2.44. The Balaban J connectivity index is 1.36. The number of aliphatic carboxylic acids is 1. The number of para-hydroxylation sites is 2. The summed E-state index contributed by atoms with van der Waals surface area (Å²) in [6, 6.07) is 17.2. The quantitative estimate of drug-likeness (QED) is 0.714. The largest absolute Gasteiger partial charge is 0.480 e. The van der Waals surface area contributed by atoms with E-state index in [4.69, 9.17) is 5.11 Å². The molecule has 146 valence electrons. The second kappa shape index (κ2) is 8.12. The molecule has 0 amide bonds. The molecular formula is C22H26N4O2. The van der Waals surface area contributed by atoms with Gasteiger partial charge in [0.15, 0.2) is 0 Å². The summed E-state index contributed by atoms with van der Waals surface area (Å²) in [5, 5.41) is 8.95. The van der Waals surface area contributed by atoms with Gasteiger partial charge < -0.3 is 5.11 Å². The minimum absolute atomic E-state index is 0.120. The van der Waals surface area contributed by atoms with Crippen LogP contribution in [0.2, 0.25) is 0 Å². The van der Waals surface area contributed by atoms with E-state index >= 15 is 0 Å². The summed E-state index contributed by atoms with van der Waals surface area (Å²) in [7, 11) is 1.91. The van der Waals surface area contributed by atoms with E-state index in [2.05, 4.69) is 44.8 Å². The van der Waals surface area contributed by atoms with E-state index in [0.717, 1.165) is 49.2 Å². The first-order valence-corrected chi connectivity index (χ1v) is 9.76. The Labute approximate surface area is 165 Å². The molecule has 0 atom stereocenters. The van der Waals surface area contributed by atoms with E-state index < -0.39 is 5.97 Å². The minimum Gasteiger partial charge on any atom is -0.480 e. The zero-order chi connectivity index (χ0) is 19.5. The first kappa shape index (κ1) is 18.7. The maximum Gasteiger partial charge on any atom is 0.317 e. The standard InChI is InChI=1S/C22H26N4O2/c1-24(15-22(27)28)18-10-12-25(13-11-18)14-17-6-8-19(9-7-17)26-16-23-20-4-2-3-5-21(20)26/h2-9,16,18H,10-15H2,1H3,(H,27,28). The molecule has 1 aromatic heterocycles.